The van der Waals surface area contributed by atoms with Crippen LogP contribution in [-0.4, -0.2) is 43.5 Å². The standard InChI is InChI=1S/C7H13NO2/c1-3-10-7(6-9)4-8(2)5-7/h6H,3-5H2,1-2H3. The molecule has 3 nitrogen and oxygen atoms in total. The van der Waals surface area contributed by atoms with E-state index in [1.54, 1.807) is 0 Å². The Morgan fingerprint density at radius 3 is 2.60 bits per heavy atom. The molecule has 1 fully saturated rings. The van der Waals surface area contributed by atoms with Crippen LogP contribution < -0.4 is 0 Å². The Labute approximate surface area is 61.0 Å². The number of ether oxygens (including phenoxy) is 1. The summed E-state index contributed by atoms with van der Waals surface area (Å²) in [6.45, 7) is 4.00. The molecule has 0 amide bonds. The van der Waals surface area contributed by atoms with E-state index in [0.717, 1.165) is 19.4 Å². The van der Waals surface area contributed by atoms with Crippen molar-refractivity contribution in [3.63, 3.8) is 0 Å². The van der Waals surface area contributed by atoms with Crippen molar-refractivity contribution in [3.05, 3.63) is 0 Å². The highest BCUT2D eigenvalue weighted by molar-refractivity contribution is 5.65. The Morgan fingerprint density at radius 1 is 1.70 bits per heavy atom. The van der Waals surface area contributed by atoms with Crippen molar-refractivity contribution in [2.75, 3.05) is 26.7 Å². The van der Waals surface area contributed by atoms with E-state index >= 15 is 0 Å². The molecule has 3 heteroatoms. The predicted molar refractivity (Wildman–Crippen MR) is 37.9 cm³/mol. The van der Waals surface area contributed by atoms with E-state index in [4.69, 9.17) is 4.74 Å². The largest absolute Gasteiger partial charge is 0.365 e. The van der Waals surface area contributed by atoms with E-state index in [0.29, 0.717) is 6.61 Å². The Morgan fingerprint density at radius 2 is 2.30 bits per heavy atom. The Kier molecular flexibility index (Phi) is 2.06. The van der Waals surface area contributed by atoms with Gasteiger partial charge in [0.15, 0.2) is 6.29 Å². The van der Waals surface area contributed by atoms with Crippen LogP contribution in [0.5, 0.6) is 0 Å². The van der Waals surface area contributed by atoms with E-state index in [1.807, 2.05) is 14.0 Å². The van der Waals surface area contributed by atoms with E-state index in [1.165, 1.54) is 0 Å². The lowest BCUT2D eigenvalue weighted by molar-refractivity contribution is -0.154. The molecule has 1 saturated heterocycles. The van der Waals surface area contributed by atoms with Gasteiger partial charge in [-0.25, -0.2) is 0 Å². The first-order chi connectivity index (χ1) is 4.72. The number of hydrogen-bond acceptors (Lipinski definition) is 3. The van der Waals surface area contributed by atoms with E-state index < -0.39 is 5.60 Å². The zero-order chi connectivity index (χ0) is 7.61. The van der Waals surface area contributed by atoms with Gasteiger partial charge >= 0.3 is 0 Å². The summed E-state index contributed by atoms with van der Waals surface area (Å²) in [4.78, 5) is 12.6. The van der Waals surface area contributed by atoms with Gasteiger partial charge in [0.25, 0.3) is 0 Å². The zero-order valence-electron chi connectivity index (χ0n) is 6.46. The van der Waals surface area contributed by atoms with Gasteiger partial charge in [-0.3, -0.25) is 4.90 Å². The molecule has 0 radical (unpaired) electrons. The van der Waals surface area contributed by atoms with Crippen LogP contribution in [0, 0.1) is 0 Å². The third-order valence-electron chi connectivity index (χ3n) is 1.72. The van der Waals surface area contributed by atoms with Crippen LogP contribution in [0.15, 0.2) is 0 Å². The van der Waals surface area contributed by atoms with Crippen LogP contribution >= 0.6 is 0 Å². The quantitative estimate of drug-likeness (QED) is 0.517. The van der Waals surface area contributed by atoms with E-state index in [-0.39, 0.29) is 0 Å². The normalized spacial score (nSPS) is 23.8. The van der Waals surface area contributed by atoms with Gasteiger partial charge < -0.3 is 9.53 Å². The maximum atomic E-state index is 10.5. The minimum Gasteiger partial charge on any atom is -0.365 e. The molecule has 1 heterocycles. The van der Waals surface area contributed by atoms with Crippen molar-refractivity contribution in [2.24, 2.45) is 0 Å². The maximum absolute atomic E-state index is 10.5. The number of rotatable bonds is 3. The highest BCUT2D eigenvalue weighted by atomic mass is 16.5. The van der Waals surface area contributed by atoms with Gasteiger partial charge in [0, 0.05) is 19.7 Å². The number of hydrogen-bond donors (Lipinski definition) is 0. The Hall–Kier alpha value is -0.410. The maximum Gasteiger partial charge on any atom is 0.154 e. The highest BCUT2D eigenvalue weighted by Gasteiger charge is 2.41. The molecule has 0 bridgehead atoms. The number of carbonyl (C=O) groups excluding carboxylic acids is 1. The first kappa shape index (κ1) is 7.69. The fraction of sp³-hybridized carbons (Fsp3) is 0.857. The van der Waals surface area contributed by atoms with Crippen molar-refractivity contribution in [2.45, 2.75) is 12.5 Å². The van der Waals surface area contributed by atoms with Gasteiger partial charge in [0.2, 0.25) is 0 Å². The monoisotopic (exact) mass is 143 g/mol. The average molecular weight is 143 g/mol. The van der Waals surface area contributed by atoms with Crippen LogP contribution in [0.25, 0.3) is 0 Å². The SMILES string of the molecule is CCOC1(C=O)CN(C)C1. The summed E-state index contributed by atoms with van der Waals surface area (Å²) < 4.78 is 5.28. The van der Waals surface area contributed by atoms with Crippen LogP contribution in [0.4, 0.5) is 0 Å². The summed E-state index contributed by atoms with van der Waals surface area (Å²) in [6.07, 6.45) is 0.913. The number of carbonyl (C=O) groups is 1. The number of likely N-dealkylation sites (N-methyl/N-ethyl adjacent to an activating group) is 1. The number of likely N-dealkylation sites (tertiary alicyclic amines) is 1. The topological polar surface area (TPSA) is 29.5 Å². The van der Waals surface area contributed by atoms with Crippen LogP contribution in [-0.2, 0) is 9.53 Å². The van der Waals surface area contributed by atoms with Crippen LogP contribution in [0.1, 0.15) is 6.92 Å². The fourth-order valence-electron chi connectivity index (χ4n) is 1.35. The van der Waals surface area contributed by atoms with E-state index in [9.17, 15) is 4.79 Å². The molecule has 0 N–H and O–H groups in total. The summed E-state index contributed by atoms with van der Waals surface area (Å²) in [6, 6.07) is 0. The van der Waals surface area contributed by atoms with Gasteiger partial charge in [0.1, 0.15) is 5.60 Å². The second-order valence-electron chi connectivity index (χ2n) is 2.79. The molecular weight excluding hydrogens is 130 g/mol. The lowest BCUT2D eigenvalue weighted by Crippen LogP contribution is -2.62. The fourth-order valence-corrected chi connectivity index (χ4v) is 1.35. The van der Waals surface area contributed by atoms with Crippen molar-refractivity contribution in [1.82, 2.24) is 4.90 Å². The smallest absolute Gasteiger partial charge is 0.154 e. The van der Waals surface area contributed by atoms with Crippen molar-refractivity contribution in [1.29, 1.82) is 0 Å². The second kappa shape index (κ2) is 2.68. The molecule has 1 aliphatic rings. The summed E-state index contributed by atoms with van der Waals surface area (Å²) in [5.41, 5.74) is -0.469. The molecule has 0 aromatic carbocycles. The zero-order valence-corrected chi connectivity index (χ0v) is 6.46. The first-order valence-electron chi connectivity index (χ1n) is 3.51. The molecule has 0 aromatic heterocycles. The third-order valence-corrected chi connectivity index (χ3v) is 1.72. The molecule has 0 aliphatic carbocycles. The second-order valence-corrected chi connectivity index (χ2v) is 2.79. The van der Waals surface area contributed by atoms with Crippen LogP contribution in [0.3, 0.4) is 0 Å². The Bertz CT molecular complexity index is 124. The van der Waals surface area contributed by atoms with Gasteiger partial charge in [0.05, 0.1) is 0 Å². The lowest BCUT2D eigenvalue weighted by atomic mass is 9.97. The molecular formula is C7H13NO2. The first-order valence-corrected chi connectivity index (χ1v) is 3.51. The van der Waals surface area contributed by atoms with E-state index in [2.05, 4.69) is 4.90 Å². The summed E-state index contributed by atoms with van der Waals surface area (Å²) in [7, 11) is 1.97. The van der Waals surface area contributed by atoms with Crippen molar-refractivity contribution < 1.29 is 9.53 Å². The lowest BCUT2D eigenvalue weighted by Gasteiger charge is -2.43. The summed E-state index contributed by atoms with van der Waals surface area (Å²) in [5, 5.41) is 0. The molecule has 10 heavy (non-hydrogen) atoms. The average Bonchev–Trinajstić information content (AvgIpc) is 1.84. The predicted octanol–water partition coefficient (Wildman–Crippen LogP) is -0.0940. The summed E-state index contributed by atoms with van der Waals surface area (Å²) >= 11 is 0. The summed E-state index contributed by atoms with van der Waals surface area (Å²) in [5.74, 6) is 0. The van der Waals surface area contributed by atoms with Gasteiger partial charge in [-0.05, 0) is 14.0 Å². The van der Waals surface area contributed by atoms with Crippen molar-refractivity contribution in [3.8, 4) is 0 Å². The number of aldehydes is 1. The number of nitrogens with zero attached hydrogens (tertiary/aromatic N) is 1. The molecule has 0 atom stereocenters. The molecule has 58 valence electrons. The van der Waals surface area contributed by atoms with Gasteiger partial charge in [-0.1, -0.05) is 0 Å². The van der Waals surface area contributed by atoms with Gasteiger partial charge in [-0.2, -0.15) is 0 Å². The molecule has 1 aliphatic heterocycles. The minimum atomic E-state index is -0.469. The van der Waals surface area contributed by atoms with Gasteiger partial charge in [-0.15, -0.1) is 0 Å². The Balaban J connectivity index is 2.40. The molecule has 1 rings (SSSR count). The third kappa shape index (κ3) is 1.20. The van der Waals surface area contributed by atoms with Crippen molar-refractivity contribution >= 4 is 6.29 Å². The highest BCUT2D eigenvalue weighted by Crippen LogP contribution is 2.20. The molecule has 0 saturated carbocycles. The van der Waals surface area contributed by atoms with Crippen LogP contribution in [0.2, 0.25) is 0 Å². The molecule has 0 aromatic rings. The molecule has 0 spiro atoms. The minimum absolute atomic E-state index is 0.469. The molecule has 0 unspecified atom stereocenters.